The molecule has 0 aliphatic rings. The lowest BCUT2D eigenvalue weighted by molar-refractivity contribution is 0.0687. The molecule has 2 aromatic rings. The fourth-order valence-corrected chi connectivity index (χ4v) is 1.86. The van der Waals surface area contributed by atoms with Crippen molar-refractivity contribution in [1.29, 1.82) is 0 Å². The molecule has 20 heavy (non-hydrogen) atoms. The van der Waals surface area contributed by atoms with Gasteiger partial charge in [0.2, 0.25) is 0 Å². The summed E-state index contributed by atoms with van der Waals surface area (Å²) in [6.07, 6.45) is 0. The minimum atomic E-state index is 0.00260. The summed E-state index contributed by atoms with van der Waals surface area (Å²) in [5.41, 5.74) is 1.69. The van der Waals surface area contributed by atoms with Crippen molar-refractivity contribution < 1.29 is 14.3 Å². The summed E-state index contributed by atoms with van der Waals surface area (Å²) in [5.74, 6) is 0.809. The Hall–Kier alpha value is -2.13. The normalized spacial score (nSPS) is 10.2. The number of ketones is 1. The Labute approximate surface area is 119 Å². The van der Waals surface area contributed by atoms with Gasteiger partial charge in [0.25, 0.3) is 0 Å². The van der Waals surface area contributed by atoms with E-state index in [2.05, 4.69) is 0 Å². The van der Waals surface area contributed by atoms with Crippen LogP contribution in [0.3, 0.4) is 0 Å². The first-order chi connectivity index (χ1) is 9.77. The third kappa shape index (κ3) is 4.21. The molecule has 104 valence electrons. The first kappa shape index (κ1) is 14.3. The lowest BCUT2D eigenvalue weighted by Crippen LogP contribution is -2.14. The second kappa shape index (κ2) is 7.46. The van der Waals surface area contributed by atoms with Gasteiger partial charge in [0.1, 0.15) is 19.0 Å². The summed E-state index contributed by atoms with van der Waals surface area (Å²) >= 11 is 0. The second-order valence-electron chi connectivity index (χ2n) is 4.45. The summed E-state index contributed by atoms with van der Waals surface area (Å²) in [6, 6.07) is 17.1. The molecule has 0 aliphatic carbocycles. The van der Waals surface area contributed by atoms with Crippen LogP contribution in [-0.4, -0.2) is 25.6 Å². The highest BCUT2D eigenvalue weighted by Gasteiger charge is 2.07. The molecular formula is C17H18O3. The molecule has 2 rings (SSSR count). The molecule has 0 bridgehead atoms. The molecule has 3 heteroatoms. The predicted molar refractivity (Wildman–Crippen MR) is 78.3 cm³/mol. The van der Waals surface area contributed by atoms with Crippen LogP contribution in [0.5, 0.6) is 5.75 Å². The quantitative estimate of drug-likeness (QED) is 0.572. The fraction of sp³-hybridized carbons (Fsp3) is 0.235. The van der Waals surface area contributed by atoms with Crippen LogP contribution in [0.2, 0.25) is 0 Å². The van der Waals surface area contributed by atoms with E-state index < -0.39 is 0 Å². The number of carbonyl (C=O) groups excluding carboxylic acids is 1. The smallest absolute Gasteiger partial charge is 0.188 e. The number of aryl methyl sites for hydroxylation is 1. The number of ether oxygens (including phenoxy) is 2. The molecule has 0 saturated carbocycles. The Morgan fingerprint density at radius 2 is 1.65 bits per heavy atom. The lowest BCUT2D eigenvalue weighted by Gasteiger charge is -2.07. The van der Waals surface area contributed by atoms with Crippen molar-refractivity contribution >= 4 is 5.78 Å². The lowest BCUT2D eigenvalue weighted by atomic mass is 10.1. The maximum absolute atomic E-state index is 11.9. The van der Waals surface area contributed by atoms with Gasteiger partial charge in [-0.1, -0.05) is 42.5 Å². The van der Waals surface area contributed by atoms with Gasteiger partial charge >= 0.3 is 0 Å². The van der Waals surface area contributed by atoms with Crippen LogP contribution >= 0.6 is 0 Å². The molecule has 2 aromatic carbocycles. The van der Waals surface area contributed by atoms with Crippen LogP contribution in [0, 0.1) is 6.92 Å². The van der Waals surface area contributed by atoms with Crippen molar-refractivity contribution in [2.24, 2.45) is 0 Å². The van der Waals surface area contributed by atoms with Gasteiger partial charge < -0.3 is 9.47 Å². The van der Waals surface area contributed by atoms with Crippen molar-refractivity contribution in [1.82, 2.24) is 0 Å². The van der Waals surface area contributed by atoms with Crippen LogP contribution in [0.1, 0.15) is 15.9 Å². The largest absolute Gasteiger partial charge is 0.491 e. The SMILES string of the molecule is Cc1ccccc1C(=O)COCCOc1ccccc1. The molecule has 0 radical (unpaired) electrons. The first-order valence-corrected chi connectivity index (χ1v) is 6.62. The van der Waals surface area contributed by atoms with Crippen molar-refractivity contribution in [2.75, 3.05) is 19.8 Å². The molecule has 0 amide bonds. The Morgan fingerprint density at radius 1 is 0.950 bits per heavy atom. The van der Waals surface area contributed by atoms with Gasteiger partial charge in [0.15, 0.2) is 5.78 Å². The Kier molecular flexibility index (Phi) is 5.33. The van der Waals surface area contributed by atoms with Gasteiger partial charge in [0, 0.05) is 5.56 Å². The number of hydrogen-bond donors (Lipinski definition) is 0. The third-order valence-corrected chi connectivity index (χ3v) is 2.92. The monoisotopic (exact) mass is 270 g/mol. The van der Waals surface area contributed by atoms with Crippen LogP contribution in [0.25, 0.3) is 0 Å². The van der Waals surface area contributed by atoms with E-state index >= 15 is 0 Å². The van der Waals surface area contributed by atoms with E-state index in [1.165, 1.54) is 0 Å². The van der Waals surface area contributed by atoms with Gasteiger partial charge in [-0.15, -0.1) is 0 Å². The van der Waals surface area contributed by atoms with E-state index in [0.29, 0.717) is 13.2 Å². The van der Waals surface area contributed by atoms with E-state index in [-0.39, 0.29) is 12.4 Å². The molecular weight excluding hydrogens is 252 g/mol. The molecule has 0 spiro atoms. The minimum absolute atomic E-state index is 0.00260. The number of hydrogen-bond acceptors (Lipinski definition) is 3. The third-order valence-electron chi connectivity index (χ3n) is 2.92. The maximum Gasteiger partial charge on any atom is 0.188 e. The topological polar surface area (TPSA) is 35.5 Å². The zero-order valence-electron chi connectivity index (χ0n) is 11.5. The van der Waals surface area contributed by atoms with Crippen molar-refractivity contribution in [2.45, 2.75) is 6.92 Å². The van der Waals surface area contributed by atoms with Gasteiger partial charge in [-0.3, -0.25) is 4.79 Å². The molecule has 0 atom stereocenters. The van der Waals surface area contributed by atoms with Crippen molar-refractivity contribution in [3.05, 3.63) is 65.7 Å². The fourth-order valence-electron chi connectivity index (χ4n) is 1.86. The van der Waals surface area contributed by atoms with E-state index in [4.69, 9.17) is 9.47 Å². The van der Waals surface area contributed by atoms with Crippen LogP contribution in [0.4, 0.5) is 0 Å². The zero-order valence-corrected chi connectivity index (χ0v) is 11.5. The van der Waals surface area contributed by atoms with E-state index in [0.717, 1.165) is 16.9 Å². The summed E-state index contributed by atoms with van der Waals surface area (Å²) in [6.45, 7) is 2.84. The molecule has 0 unspecified atom stereocenters. The Bertz CT molecular complexity index is 549. The van der Waals surface area contributed by atoms with Crippen molar-refractivity contribution in [3.8, 4) is 5.75 Å². The average molecular weight is 270 g/mol. The highest BCUT2D eigenvalue weighted by molar-refractivity contribution is 5.98. The van der Waals surface area contributed by atoms with E-state index in [1.807, 2.05) is 61.5 Å². The van der Waals surface area contributed by atoms with Crippen LogP contribution in [0.15, 0.2) is 54.6 Å². The standard InChI is InChI=1S/C17H18O3/c1-14-7-5-6-10-16(14)17(18)13-19-11-12-20-15-8-3-2-4-9-15/h2-10H,11-13H2,1H3. The average Bonchev–Trinajstić information content (AvgIpc) is 2.48. The van der Waals surface area contributed by atoms with Gasteiger partial charge in [-0.25, -0.2) is 0 Å². The summed E-state index contributed by atoms with van der Waals surface area (Å²) in [7, 11) is 0. The highest BCUT2D eigenvalue weighted by Crippen LogP contribution is 2.09. The molecule has 0 saturated heterocycles. The Balaban J connectivity index is 1.69. The van der Waals surface area contributed by atoms with Gasteiger partial charge in [-0.2, -0.15) is 0 Å². The molecule has 0 aromatic heterocycles. The maximum atomic E-state index is 11.9. The molecule has 0 heterocycles. The molecule has 0 fully saturated rings. The number of benzene rings is 2. The first-order valence-electron chi connectivity index (χ1n) is 6.62. The highest BCUT2D eigenvalue weighted by atomic mass is 16.5. The minimum Gasteiger partial charge on any atom is -0.491 e. The van der Waals surface area contributed by atoms with Crippen molar-refractivity contribution in [3.63, 3.8) is 0 Å². The van der Waals surface area contributed by atoms with E-state index in [9.17, 15) is 4.79 Å². The summed E-state index contributed by atoms with van der Waals surface area (Å²) in [5, 5.41) is 0. The zero-order chi connectivity index (χ0) is 14.2. The van der Waals surface area contributed by atoms with Gasteiger partial charge in [0.05, 0.1) is 6.61 Å². The molecule has 0 aliphatic heterocycles. The summed E-state index contributed by atoms with van der Waals surface area (Å²) < 4.78 is 10.8. The molecule has 3 nitrogen and oxygen atoms in total. The number of para-hydroxylation sites is 1. The van der Waals surface area contributed by atoms with Crippen LogP contribution in [-0.2, 0) is 4.74 Å². The Morgan fingerprint density at radius 3 is 2.40 bits per heavy atom. The van der Waals surface area contributed by atoms with E-state index in [1.54, 1.807) is 0 Å². The number of carbonyl (C=O) groups is 1. The number of Topliss-reactive ketones (excluding diaryl/α,β-unsaturated/α-hetero) is 1. The predicted octanol–water partition coefficient (Wildman–Crippen LogP) is 3.27. The summed E-state index contributed by atoms with van der Waals surface area (Å²) in [4.78, 5) is 11.9. The molecule has 0 N–H and O–H groups in total. The second-order valence-corrected chi connectivity index (χ2v) is 4.45. The van der Waals surface area contributed by atoms with Gasteiger partial charge in [-0.05, 0) is 24.6 Å². The van der Waals surface area contributed by atoms with Crippen LogP contribution < -0.4 is 4.74 Å². The number of rotatable bonds is 7.